The minimum absolute atomic E-state index is 0.861. The van der Waals surface area contributed by atoms with Gasteiger partial charge in [0.2, 0.25) is 0 Å². The fourth-order valence-corrected chi connectivity index (χ4v) is 1.35. The lowest BCUT2D eigenvalue weighted by molar-refractivity contribution is 0.885. The topological polar surface area (TPSA) is 43.6 Å². The second-order valence-corrected chi connectivity index (χ2v) is 3.26. The molecule has 72 valence electrons. The highest BCUT2D eigenvalue weighted by molar-refractivity contribution is 5.29. The molecular formula is C10H12N4. The molecule has 0 aliphatic heterocycles. The third-order valence-corrected chi connectivity index (χ3v) is 2.10. The van der Waals surface area contributed by atoms with Crippen molar-refractivity contribution in [2.24, 2.45) is 0 Å². The number of hydrogen-bond donors (Lipinski definition) is 0. The summed E-state index contributed by atoms with van der Waals surface area (Å²) in [6, 6.07) is 0. The summed E-state index contributed by atoms with van der Waals surface area (Å²) in [6.07, 6.45) is 5.43. The Labute approximate surface area is 82.7 Å². The first-order valence-electron chi connectivity index (χ1n) is 4.49. The van der Waals surface area contributed by atoms with E-state index in [-0.39, 0.29) is 0 Å². The van der Waals surface area contributed by atoms with E-state index in [9.17, 15) is 0 Å². The quantitative estimate of drug-likeness (QED) is 0.682. The van der Waals surface area contributed by atoms with E-state index >= 15 is 0 Å². The van der Waals surface area contributed by atoms with Gasteiger partial charge >= 0.3 is 0 Å². The summed E-state index contributed by atoms with van der Waals surface area (Å²) in [5.41, 5.74) is 1.83. The number of aryl methyl sites for hydroxylation is 3. The van der Waals surface area contributed by atoms with Crippen LogP contribution in [-0.4, -0.2) is 19.5 Å². The lowest BCUT2D eigenvalue weighted by Gasteiger charge is -2.07. The highest BCUT2D eigenvalue weighted by atomic mass is 15.1. The minimum atomic E-state index is 0.861. The van der Waals surface area contributed by atoms with Crippen LogP contribution >= 0.6 is 0 Å². The minimum Gasteiger partial charge on any atom is -0.287 e. The number of hydrogen-bond acceptors (Lipinski definition) is 3. The summed E-state index contributed by atoms with van der Waals surface area (Å²) in [4.78, 5) is 12.9. The van der Waals surface area contributed by atoms with Gasteiger partial charge in [-0.25, -0.2) is 9.97 Å². The molecule has 0 aromatic carbocycles. The molecule has 2 rings (SSSR count). The Morgan fingerprint density at radius 3 is 2.57 bits per heavy atom. The van der Waals surface area contributed by atoms with Gasteiger partial charge in [-0.2, -0.15) is 0 Å². The fraction of sp³-hybridized carbons (Fsp3) is 0.300. The van der Waals surface area contributed by atoms with Crippen LogP contribution in [0.5, 0.6) is 0 Å². The van der Waals surface area contributed by atoms with Crippen LogP contribution in [0.2, 0.25) is 0 Å². The second-order valence-electron chi connectivity index (χ2n) is 3.26. The highest BCUT2D eigenvalue weighted by Crippen LogP contribution is 2.10. The van der Waals surface area contributed by atoms with Gasteiger partial charge in [0.1, 0.15) is 5.82 Å². The Morgan fingerprint density at radius 2 is 1.93 bits per heavy atom. The van der Waals surface area contributed by atoms with Gasteiger partial charge in [-0.15, -0.1) is 0 Å². The number of imidazole rings is 1. The second kappa shape index (κ2) is 3.21. The molecule has 0 fully saturated rings. The molecule has 0 amide bonds. The van der Waals surface area contributed by atoms with Crippen LogP contribution in [-0.2, 0) is 0 Å². The van der Waals surface area contributed by atoms with Gasteiger partial charge < -0.3 is 0 Å². The first kappa shape index (κ1) is 8.87. The van der Waals surface area contributed by atoms with Gasteiger partial charge in [0.05, 0.1) is 11.4 Å². The smallest absolute Gasteiger partial charge is 0.159 e. The van der Waals surface area contributed by atoms with Crippen molar-refractivity contribution in [2.45, 2.75) is 20.8 Å². The van der Waals surface area contributed by atoms with Crippen molar-refractivity contribution in [3.63, 3.8) is 0 Å². The molecule has 0 bridgehead atoms. The molecule has 0 aliphatic rings. The van der Waals surface area contributed by atoms with Gasteiger partial charge in [-0.3, -0.25) is 9.55 Å². The van der Waals surface area contributed by atoms with Crippen LogP contribution in [0.25, 0.3) is 5.82 Å². The monoisotopic (exact) mass is 188 g/mol. The van der Waals surface area contributed by atoms with E-state index in [2.05, 4.69) is 15.0 Å². The molecule has 0 atom stereocenters. The predicted octanol–water partition coefficient (Wildman–Crippen LogP) is 1.59. The van der Waals surface area contributed by atoms with E-state index in [4.69, 9.17) is 0 Å². The molecule has 0 N–H and O–H groups in total. The maximum Gasteiger partial charge on any atom is 0.159 e. The number of nitrogens with zero attached hydrogens (tertiary/aromatic N) is 4. The van der Waals surface area contributed by atoms with Crippen LogP contribution in [0.3, 0.4) is 0 Å². The lowest BCUT2D eigenvalue weighted by atomic mass is 10.4. The van der Waals surface area contributed by atoms with Gasteiger partial charge in [0.15, 0.2) is 5.82 Å². The van der Waals surface area contributed by atoms with E-state index in [1.807, 2.05) is 31.5 Å². The molecule has 0 aliphatic carbocycles. The van der Waals surface area contributed by atoms with Crippen LogP contribution < -0.4 is 0 Å². The van der Waals surface area contributed by atoms with Crippen LogP contribution in [0.1, 0.15) is 17.2 Å². The van der Waals surface area contributed by atoms with E-state index < -0.39 is 0 Å². The number of rotatable bonds is 1. The lowest BCUT2D eigenvalue weighted by Crippen LogP contribution is -2.04. The van der Waals surface area contributed by atoms with Gasteiger partial charge in [0.25, 0.3) is 0 Å². The molecular weight excluding hydrogens is 176 g/mol. The Balaban J connectivity index is 2.62. The molecule has 0 saturated heterocycles. The summed E-state index contributed by atoms with van der Waals surface area (Å²) in [5.74, 6) is 1.79. The van der Waals surface area contributed by atoms with Crippen molar-refractivity contribution in [1.29, 1.82) is 0 Å². The summed E-state index contributed by atoms with van der Waals surface area (Å²) in [5, 5.41) is 0. The molecule has 2 heterocycles. The van der Waals surface area contributed by atoms with Crippen LogP contribution in [0.15, 0.2) is 18.6 Å². The number of aromatic nitrogens is 4. The van der Waals surface area contributed by atoms with Crippen molar-refractivity contribution in [2.75, 3.05) is 0 Å². The molecule has 4 nitrogen and oxygen atoms in total. The summed E-state index contributed by atoms with van der Waals surface area (Å²) in [6.45, 7) is 5.83. The molecule has 14 heavy (non-hydrogen) atoms. The van der Waals surface area contributed by atoms with Crippen molar-refractivity contribution >= 4 is 0 Å². The van der Waals surface area contributed by atoms with Crippen LogP contribution in [0.4, 0.5) is 0 Å². The summed E-state index contributed by atoms with van der Waals surface area (Å²) in [7, 11) is 0. The molecule has 4 heteroatoms. The van der Waals surface area contributed by atoms with Crippen molar-refractivity contribution in [3.8, 4) is 5.82 Å². The SMILES string of the molecule is Cc1cnc(C)c(-n2ccnc2C)n1. The zero-order valence-electron chi connectivity index (χ0n) is 8.52. The van der Waals surface area contributed by atoms with Gasteiger partial charge in [0, 0.05) is 18.6 Å². The third kappa shape index (κ3) is 1.39. The van der Waals surface area contributed by atoms with E-state index in [1.165, 1.54) is 0 Å². The molecule has 2 aromatic rings. The fourth-order valence-electron chi connectivity index (χ4n) is 1.35. The van der Waals surface area contributed by atoms with Crippen LogP contribution in [0, 0.1) is 20.8 Å². The van der Waals surface area contributed by atoms with Gasteiger partial charge in [-0.05, 0) is 20.8 Å². The molecule has 2 aromatic heterocycles. The Bertz CT molecular complexity index is 459. The Hall–Kier alpha value is -1.71. The zero-order valence-corrected chi connectivity index (χ0v) is 8.52. The van der Waals surface area contributed by atoms with E-state index in [0.717, 1.165) is 23.0 Å². The maximum absolute atomic E-state index is 4.44. The highest BCUT2D eigenvalue weighted by Gasteiger charge is 2.06. The third-order valence-electron chi connectivity index (χ3n) is 2.10. The van der Waals surface area contributed by atoms with Gasteiger partial charge in [-0.1, -0.05) is 0 Å². The first-order chi connectivity index (χ1) is 6.68. The van der Waals surface area contributed by atoms with Crippen molar-refractivity contribution in [1.82, 2.24) is 19.5 Å². The molecule has 0 radical (unpaired) electrons. The standard InChI is InChI=1S/C10H12N4/c1-7-6-12-8(2)10(13-7)14-5-4-11-9(14)3/h4-6H,1-3H3. The van der Waals surface area contributed by atoms with Crippen molar-refractivity contribution < 1.29 is 0 Å². The predicted molar refractivity (Wildman–Crippen MR) is 53.4 cm³/mol. The first-order valence-corrected chi connectivity index (χ1v) is 4.49. The normalized spacial score (nSPS) is 10.5. The zero-order chi connectivity index (χ0) is 10.1. The van der Waals surface area contributed by atoms with E-state index in [1.54, 1.807) is 12.4 Å². The molecule has 0 spiro atoms. The molecule has 0 saturated carbocycles. The summed E-state index contributed by atoms with van der Waals surface area (Å²) < 4.78 is 1.94. The summed E-state index contributed by atoms with van der Waals surface area (Å²) >= 11 is 0. The largest absolute Gasteiger partial charge is 0.287 e. The average Bonchev–Trinajstić information content (AvgIpc) is 2.56. The van der Waals surface area contributed by atoms with Crippen molar-refractivity contribution in [3.05, 3.63) is 35.8 Å². The Kier molecular flexibility index (Phi) is 2.04. The average molecular weight is 188 g/mol. The van der Waals surface area contributed by atoms with E-state index in [0.29, 0.717) is 0 Å². The Morgan fingerprint density at radius 1 is 1.14 bits per heavy atom. The molecule has 0 unspecified atom stereocenters. The maximum atomic E-state index is 4.44.